The molecule has 2 N–H and O–H groups in total. The SMILES string of the molecule is C#CN(C(=O)C(CCSC)NC(=O)OC(C)(C)C)C(C(=O)NC1CCCCC1)c1ccc(C)c(C)c1. The van der Waals surface area contributed by atoms with Gasteiger partial charge in [0, 0.05) is 12.1 Å². The Morgan fingerprint density at radius 3 is 2.39 bits per heavy atom. The van der Waals surface area contributed by atoms with Gasteiger partial charge in [0.1, 0.15) is 17.7 Å². The molecule has 0 saturated heterocycles. The van der Waals surface area contributed by atoms with Crippen LogP contribution in [0.2, 0.25) is 0 Å². The Bertz CT molecular complexity index is 961. The third kappa shape index (κ3) is 8.77. The van der Waals surface area contributed by atoms with E-state index < -0.39 is 29.7 Å². The molecule has 1 aliphatic carbocycles. The Labute approximate surface area is 220 Å². The van der Waals surface area contributed by atoms with Crippen molar-refractivity contribution < 1.29 is 19.1 Å². The monoisotopic (exact) mass is 515 g/mol. The first-order chi connectivity index (χ1) is 17.0. The molecule has 0 aliphatic heterocycles. The van der Waals surface area contributed by atoms with Gasteiger partial charge in [0.15, 0.2) is 0 Å². The Morgan fingerprint density at radius 1 is 1.17 bits per heavy atom. The van der Waals surface area contributed by atoms with Crippen molar-refractivity contribution in [3.05, 3.63) is 34.9 Å². The van der Waals surface area contributed by atoms with Crippen molar-refractivity contribution in [3.63, 3.8) is 0 Å². The molecule has 0 aromatic heterocycles. The second kappa shape index (κ2) is 13.6. The van der Waals surface area contributed by atoms with Crippen LogP contribution in [0.4, 0.5) is 4.79 Å². The third-order valence-electron chi connectivity index (χ3n) is 6.28. The molecule has 198 valence electrons. The van der Waals surface area contributed by atoms with E-state index in [2.05, 4.69) is 16.7 Å². The van der Waals surface area contributed by atoms with Crippen LogP contribution in [0.3, 0.4) is 0 Å². The highest BCUT2D eigenvalue weighted by Gasteiger charge is 2.36. The Morgan fingerprint density at radius 2 is 1.83 bits per heavy atom. The van der Waals surface area contributed by atoms with E-state index in [4.69, 9.17) is 11.2 Å². The summed E-state index contributed by atoms with van der Waals surface area (Å²) in [5.41, 5.74) is 2.00. The summed E-state index contributed by atoms with van der Waals surface area (Å²) in [7, 11) is 0. The number of benzene rings is 1. The van der Waals surface area contributed by atoms with Crippen molar-refractivity contribution in [2.45, 2.75) is 96.9 Å². The van der Waals surface area contributed by atoms with Gasteiger partial charge in [0.05, 0.1) is 0 Å². The molecule has 2 rings (SSSR count). The lowest BCUT2D eigenvalue weighted by molar-refractivity contribution is -0.139. The lowest BCUT2D eigenvalue weighted by atomic mass is 9.94. The van der Waals surface area contributed by atoms with Crippen LogP contribution in [0.1, 0.15) is 82.0 Å². The molecule has 0 spiro atoms. The minimum absolute atomic E-state index is 0.0576. The second-order valence-electron chi connectivity index (χ2n) is 10.4. The first-order valence-corrected chi connectivity index (χ1v) is 14.0. The largest absolute Gasteiger partial charge is 0.444 e. The van der Waals surface area contributed by atoms with Crippen LogP contribution in [-0.4, -0.2) is 52.5 Å². The smallest absolute Gasteiger partial charge is 0.408 e. The molecule has 2 atom stereocenters. The number of hydrogen-bond donors (Lipinski definition) is 2. The zero-order valence-electron chi connectivity index (χ0n) is 22.5. The highest BCUT2D eigenvalue weighted by Crippen LogP contribution is 2.26. The topological polar surface area (TPSA) is 87.7 Å². The van der Waals surface area contributed by atoms with E-state index in [9.17, 15) is 14.4 Å². The minimum Gasteiger partial charge on any atom is -0.444 e. The van der Waals surface area contributed by atoms with Crippen LogP contribution in [0.25, 0.3) is 0 Å². The maximum Gasteiger partial charge on any atom is 0.408 e. The molecule has 36 heavy (non-hydrogen) atoms. The Kier molecular flexibility index (Phi) is 11.2. The summed E-state index contributed by atoms with van der Waals surface area (Å²) < 4.78 is 5.38. The molecule has 1 aromatic carbocycles. The number of aryl methyl sites for hydroxylation is 2. The number of ether oxygens (including phenoxy) is 1. The summed E-state index contributed by atoms with van der Waals surface area (Å²) in [5.74, 6) is -0.204. The molecule has 8 heteroatoms. The van der Waals surface area contributed by atoms with E-state index in [-0.39, 0.29) is 11.9 Å². The van der Waals surface area contributed by atoms with Crippen LogP contribution in [0, 0.1) is 26.3 Å². The van der Waals surface area contributed by atoms with Crippen molar-refractivity contribution in [2.24, 2.45) is 0 Å². The van der Waals surface area contributed by atoms with Gasteiger partial charge >= 0.3 is 6.09 Å². The fourth-order valence-electron chi connectivity index (χ4n) is 4.26. The maximum atomic E-state index is 13.8. The molecule has 1 aromatic rings. The summed E-state index contributed by atoms with van der Waals surface area (Å²) in [5, 5.41) is 5.81. The number of nitrogens with one attached hydrogen (secondary N) is 2. The molecule has 0 radical (unpaired) electrons. The standard InChI is InChI=1S/C28H41N3O4S/c1-8-31(26(33)23(16-17-36-7)30-27(34)35-28(4,5)6)24(21-15-14-19(2)20(3)18-21)25(32)29-22-12-10-9-11-13-22/h1,14-15,18,22-24H,9-13,16-17H2,2-7H3,(H,29,32)(H,30,34). The molecule has 1 aliphatic rings. The fourth-order valence-corrected chi connectivity index (χ4v) is 4.73. The van der Waals surface area contributed by atoms with Gasteiger partial charge in [0.25, 0.3) is 5.91 Å². The van der Waals surface area contributed by atoms with Crippen molar-refractivity contribution in [1.29, 1.82) is 0 Å². The number of terminal acetylenes is 1. The predicted molar refractivity (Wildman–Crippen MR) is 146 cm³/mol. The van der Waals surface area contributed by atoms with Gasteiger partial charge in [0.2, 0.25) is 5.91 Å². The Balaban J connectivity index is 2.39. The quantitative estimate of drug-likeness (QED) is 0.362. The molecular weight excluding hydrogens is 474 g/mol. The van der Waals surface area contributed by atoms with Crippen molar-refractivity contribution >= 4 is 29.7 Å². The average Bonchev–Trinajstić information content (AvgIpc) is 2.81. The highest BCUT2D eigenvalue weighted by atomic mass is 32.2. The zero-order chi connectivity index (χ0) is 26.9. The molecule has 0 bridgehead atoms. The highest BCUT2D eigenvalue weighted by molar-refractivity contribution is 7.98. The van der Waals surface area contributed by atoms with E-state index in [1.54, 1.807) is 32.5 Å². The molecular formula is C28H41N3O4S. The molecule has 2 unspecified atom stereocenters. The van der Waals surface area contributed by atoms with E-state index >= 15 is 0 Å². The van der Waals surface area contributed by atoms with Gasteiger partial charge in [-0.3, -0.25) is 14.5 Å². The van der Waals surface area contributed by atoms with Crippen molar-refractivity contribution in [3.8, 4) is 12.5 Å². The number of carbonyl (C=O) groups is 3. The lowest BCUT2D eigenvalue weighted by Gasteiger charge is -2.32. The van der Waals surface area contributed by atoms with Gasteiger partial charge in [-0.15, -0.1) is 0 Å². The second-order valence-corrected chi connectivity index (χ2v) is 11.4. The molecule has 7 nitrogen and oxygen atoms in total. The molecule has 1 saturated carbocycles. The first-order valence-electron chi connectivity index (χ1n) is 12.6. The first kappa shape index (κ1) is 29.6. The van der Waals surface area contributed by atoms with Crippen molar-refractivity contribution in [1.82, 2.24) is 15.5 Å². The van der Waals surface area contributed by atoms with Gasteiger partial charge in [-0.1, -0.05) is 43.9 Å². The Hall–Kier alpha value is -2.66. The third-order valence-corrected chi connectivity index (χ3v) is 6.92. The number of nitrogens with zero attached hydrogens (tertiary/aromatic N) is 1. The van der Waals surface area contributed by atoms with Gasteiger partial charge < -0.3 is 15.4 Å². The molecule has 1 fully saturated rings. The van der Waals surface area contributed by atoms with Crippen LogP contribution in [0.5, 0.6) is 0 Å². The van der Waals surface area contributed by atoms with E-state index in [0.717, 1.165) is 48.1 Å². The lowest BCUT2D eigenvalue weighted by Crippen LogP contribution is -2.52. The summed E-state index contributed by atoms with van der Waals surface area (Å²) in [6.45, 7) is 9.21. The number of hydrogen-bond acceptors (Lipinski definition) is 5. The summed E-state index contributed by atoms with van der Waals surface area (Å²) in [4.78, 5) is 41.1. The maximum absolute atomic E-state index is 13.8. The fraction of sp³-hybridized carbons (Fsp3) is 0.607. The molecule has 3 amide bonds. The zero-order valence-corrected chi connectivity index (χ0v) is 23.3. The summed E-state index contributed by atoms with van der Waals surface area (Å²) >= 11 is 1.55. The molecule has 0 heterocycles. The van der Waals surface area contributed by atoms with Crippen LogP contribution < -0.4 is 10.6 Å². The summed E-state index contributed by atoms with van der Waals surface area (Å²) in [6, 6.07) is 6.23. The van der Waals surface area contributed by atoms with E-state index in [1.165, 1.54) is 0 Å². The van der Waals surface area contributed by atoms with Crippen molar-refractivity contribution in [2.75, 3.05) is 12.0 Å². The number of rotatable bonds is 9. The van der Waals surface area contributed by atoms with E-state index in [1.807, 2.05) is 38.3 Å². The van der Waals surface area contributed by atoms with Crippen LogP contribution >= 0.6 is 11.8 Å². The number of amides is 3. The number of carbonyl (C=O) groups excluding carboxylic acids is 3. The van der Waals surface area contributed by atoms with Gasteiger partial charge in [-0.05, 0) is 82.6 Å². The predicted octanol–water partition coefficient (Wildman–Crippen LogP) is 4.86. The summed E-state index contributed by atoms with van der Waals surface area (Å²) in [6.07, 6.45) is 12.5. The van der Waals surface area contributed by atoms with Crippen LogP contribution in [0.15, 0.2) is 18.2 Å². The normalized spacial score (nSPS) is 15.8. The average molecular weight is 516 g/mol. The van der Waals surface area contributed by atoms with Gasteiger partial charge in [-0.2, -0.15) is 11.8 Å². The number of alkyl carbamates (subject to hydrolysis) is 1. The van der Waals surface area contributed by atoms with Gasteiger partial charge in [-0.25, -0.2) is 4.79 Å². The van der Waals surface area contributed by atoms with E-state index in [0.29, 0.717) is 17.7 Å². The minimum atomic E-state index is -1.01. The van der Waals surface area contributed by atoms with Crippen LogP contribution in [-0.2, 0) is 14.3 Å². The number of thioether (sulfide) groups is 1.